The van der Waals surface area contributed by atoms with Crippen LogP contribution in [0.1, 0.15) is 19.8 Å². The van der Waals surface area contributed by atoms with Crippen molar-refractivity contribution in [2.75, 3.05) is 13.1 Å². The highest BCUT2D eigenvalue weighted by Crippen LogP contribution is 2.27. The van der Waals surface area contributed by atoms with Crippen LogP contribution in [-0.2, 0) is 9.59 Å². The number of carbonyl (C=O) groups is 2. The van der Waals surface area contributed by atoms with Crippen LogP contribution in [0, 0.1) is 0 Å². The summed E-state index contributed by atoms with van der Waals surface area (Å²) >= 11 is 11.7. The summed E-state index contributed by atoms with van der Waals surface area (Å²) in [6.45, 7) is 1.93. The normalized spacial score (nSPS) is 18.3. The lowest BCUT2D eigenvalue weighted by molar-refractivity contribution is -0.166. The lowest BCUT2D eigenvalue weighted by Gasteiger charge is -2.36. The molecule has 1 saturated heterocycles. The molecule has 2 rings (SSSR count). The van der Waals surface area contributed by atoms with Gasteiger partial charge in [-0.2, -0.15) is 0 Å². The van der Waals surface area contributed by atoms with Crippen LogP contribution >= 0.6 is 23.2 Å². The second-order valence-electron chi connectivity index (χ2n) is 5.50. The zero-order valence-electron chi connectivity index (χ0n) is 12.5. The van der Waals surface area contributed by atoms with Gasteiger partial charge in [0, 0.05) is 32.0 Å². The second-order valence-corrected chi connectivity index (χ2v) is 6.31. The SMILES string of the molecule is CC(Oc1ccc(Cl)c(Cl)c1)C(=O)N1CCC(O)(C(=O)O)CC1. The molecule has 1 aromatic carbocycles. The van der Waals surface area contributed by atoms with E-state index < -0.39 is 17.7 Å². The second kappa shape index (κ2) is 6.95. The Labute approximate surface area is 143 Å². The van der Waals surface area contributed by atoms with Crippen LogP contribution in [0.4, 0.5) is 0 Å². The Morgan fingerprint density at radius 1 is 1.26 bits per heavy atom. The maximum atomic E-state index is 12.3. The fourth-order valence-corrected chi connectivity index (χ4v) is 2.66. The van der Waals surface area contributed by atoms with Gasteiger partial charge in [-0.15, -0.1) is 0 Å². The molecule has 0 bridgehead atoms. The minimum atomic E-state index is -1.76. The third-order valence-corrected chi connectivity index (χ3v) is 4.59. The highest BCUT2D eigenvalue weighted by atomic mass is 35.5. The van der Waals surface area contributed by atoms with Crippen LogP contribution in [0.2, 0.25) is 10.0 Å². The molecule has 1 amide bonds. The first kappa shape index (κ1) is 17.8. The van der Waals surface area contributed by atoms with Gasteiger partial charge in [-0.25, -0.2) is 4.79 Å². The molecule has 23 heavy (non-hydrogen) atoms. The summed E-state index contributed by atoms with van der Waals surface area (Å²) in [6, 6.07) is 4.70. The van der Waals surface area contributed by atoms with Crippen LogP contribution in [0.5, 0.6) is 5.75 Å². The molecule has 0 spiro atoms. The predicted molar refractivity (Wildman–Crippen MR) is 85.0 cm³/mol. The van der Waals surface area contributed by atoms with E-state index in [-0.39, 0.29) is 31.8 Å². The zero-order valence-corrected chi connectivity index (χ0v) is 14.0. The lowest BCUT2D eigenvalue weighted by Crippen LogP contribution is -2.53. The molecule has 1 aliphatic rings. The summed E-state index contributed by atoms with van der Waals surface area (Å²) in [5.74, 6) is -1.12. The molecular weight excluding hydrogens is 345 g/mol. The van der Waals surface area contributed by atoms with E-state index in [1.54, 1.807) is 19.1 Å². The number of ether oxygens (including phenoxy) is 1. The number of benzene rings is 1. The van der Waals surface area contributed by atoms with Gasteiger partial charge in [0.15, 0.2) is 11.7 Å². The highest BCUT2D eigenvalue weighted by molar-refractivity contribution is 6.42. The van der Waals surface area contributed by atoms with Crippen LogP contribution in [0.25, 0.3) is 0 Å². The van der Waals surface area contributed by atoms with Crippen LogP contribution in [-0.4, -0.2) is 51.8 Å². The number of aliphatic carboxylic acids is 1. The van der Waals surface area contributed by atoms with E-state index in [0.29, 0.717) is 15.8 Å². The van der Waals surface area contributed by atoms with Gasteiger partial charge in [0.25, 0.3) is 5.91 Å². The van der Waals surface area contributed by atoms with Crippen molar-refractivity contribution in [1.29, 1.82) is 0 Å². The summed E-state index contributed by atoms with van der Waals surface area (Å²) in [4.78, 5) is 24.8. The Bertz CT molecular complexity index is 614. The van der Waals surface area contributed by atoms with Crippen molar-refractivity contribution in [1.82, 2.24) is 4.90 Å². The molecule has 1 heterocycles. The highest BCUT2D eigenvalue weighted by Gasteiger charge is 2.41. The average Bonchev–Trinajstić information content (AvgIpc) is 2.51. The fraction of sp³-hybridized carbons (Fsp3) is 0.467. The number of piperidine rings is 1. The topological polar surface area (TPSA) is 87.1 Å². The number of amides is 1. The fourth-order valence-electron chi connectivity index (χ4n) is 2.37. The number of aliphatic hydroxyl groups is 1. The Morgan fingerprint density at radius 3 is 2.39 bits per heavy atom. The molecule has 6 nitrogen and oxygen atoms in total. The number of hydrogen-bond acceptors (Lipinski definition) is 4. The molecule has 0 radical (unpaired) electrons. The maximum Gasteiger partial charge on any atom is 0.335 e. The summed E-state index contributed by atoms with van der Waals surface area (Å²) in [7, 11) is 0. The molecule has 0 aliphatic carbocycles. The predicted octanol–water partition coefficient (Wildman–Crippen LogP) is 2.20. The van der Waals surface area contributed by atoms with Crippen molar-refractivity contribution < 1.29 is 24.5 Å². The van der Waals surface area contributed by atoms with E-state index in [1.807, 2.05) is 0 Å². The molecule has 1 aromatic rings. The van der Waals surface area contributed by atoms with Crippen LogP contribution in [0.15, 0.2) is 18.2 Å². The standard InChI is InChI=1S/C15H17Cl2NO5/c1-9(23-10-2-3-11(16)12(17)8-10)13(19)18-6-4-15(22,5-7-18)14(20)21/h2-3,8-9,22H,4-7H2,1H3,(H,20,21). The first-order valence-electron chi connectivity index (χ1n) is 7.09. The van der Waals surface area contributed by atoms with Crippen molar-refractivity contribution in [3.8, 4) is 5.75 Å². The van der Waals surface area contributed by atoms with E-state index in [4.69, 9.17) is 33.0 Å². The van der Waals surface area contributed by atoms with E-state index in [9.17, 15) is 14.7 Å². The molecule has 1 atom stereocenters. The number of hydrogen-bond donors (Lipinski definition) is 2. The zero-order chi connectivity index (χ0) is 17.2. The summed E-state index contributed by atoms with van der Waals surface area (Å²) in [6.07, 6.45) is -0.774. The lowest BCUT2D eigenvalue weighted by atomic mass is 9.91. The van der Waals surface area contributed by atoms with Gasteiger partial charge in [0.05, 0.1) is 10.0 Å². The summed E-state index contributed by atoms with van der Waals surface area (Å²) in [5, 5.41) is 19.6. The van der Waals surface area contributed by atoms with Gasteiger partial charge in [-0.1, -0.05) is 23.2 Å². The van der Waals surface area contributed by atoms with Crippen molar-refractivity contribution in [3.05, 3.63) is 28.2 Å². The number of carbonyl (C=O) groups excluding carboxylic acids is 1. The Kier molecular flexibility index (Phi) is 5.39. The Hall–Kier alpha value is -1.50. The Morgan fingerprint density at radius 2 is 1.87 bits per heavy atom. The quantitative estimate of drug-likeness (QED) is 0.858. The van der Waals surface area contributed by atoms with Crippen LogP contribution in [0.3, 0.4) is 0 Å². The molecule has 1 fully saturated rings. The Balaban J connectivity index is 1.95. The number of likely N-dealkylation sites (tertiary alicyclic amines) is 1. The van der Waals surface area contributed by atoms with E-state index in [1.165, 1.54) is 11.0 Å². The average molecular weight is 362 g/mol. The van der Waals surface area contributed by atoms with Crippen molar-refractivity contribution in [3.63, 3.8) is 0 Å². The molecule has 8 heteroatoms. The largest absolute Gasteiger partial charge is 0.481 e. The van der Waals surface area contributed by atoms with Gasteiger partial charge in [-0.3, -0.25) is 4.79 Å². The number of nitrogens with zero attached hydrogens (tertiary/aromatic N) is 1. The van der Waals surface area contributed by atoms with Gasteiger partial charge < -0.3 is 19.8 Å². The number of carboxylic acid groups (broad SMARTS) is 1. The molecule has 1 aliphatic heterocycles. The third kappa shape index (κ3) is 4.07. The molecule has 126 valence electrons. The van der Waals surface area contributed by atoms with Crippen molar-refractivity contribution >= 4 is 35.1 Å². The molecule has 2 N–H and O–H groups in total. The molecular formula is C15H17Cl2NO5. The monoisotopic (exact) mass is 361 g/mol. The van der Waals surface area contributed by atoms with E-state index >= 15 is 0 Å². The number of carboxylic acids is 1. The minimum absolute atomic E-state index is 0.00638. The minimum Gasteiger partial charge on any atom is -0.481 e. The first-order chi connectivity index (χ1) is 10.7. The summed E-state index contributed by atoms with van der Waals surface area (Å²) in [5.41, 5.74) is -1.76. The van der Waals surface area contributed by atoms with Gasteiger partial charge in [-0.05, 0) is 19.1 Å². The smallest absolute Gasteiger partial charge is 0.335 e. The van der Waals surface area contributed by atoms with E-state index in [2.05, 4.69) is 0 Å². The summed E-state index contributed by atoms with van der Waals surface area (Å²) < 4.78 is 5.55. The van der Waals surface area contributed by atoms with Crippen molar-refractivity contribution in [2.45, 2.75) is 31.5 Å². The third-order valence-electron chi connectivity index (χ3n) is 3.85. The van der Waals surface area contributed by atoms with Crippen molar-refractivity contribution in [2.24, 2.45) is 0 Å². The van der Waals surface area contributed by atoms with Crippen LogP contribution < -0.4 is 4.74 Å². The molecule has 0 aromatic heterocycles. The molecule has 0 saturated carbocycles. The number of rotatable bonds is 4. The first-order valence-corrected chi connectivity index (χ1v) is 7.85. The van der Waals surface area contributed by atoms with E-state index in [0.717, 1.165) is 0 Å². The van der Waals surface area contributed by atoms with Gasteiger partial charge in [0.2, 0.25) is 0 Å². The number of halogens is 2. The molecule has 1 unspecified atom stereocenters. The van der Waals surface area contributed by atoms with Gasteiger partial charge in [0.1, 0.15) is 5.75 Å². The maximum absolute atomic E-state index is 12.3. The van der Waals surface area contributed by atoms with Gasteiger partial charge >= 0.3 is 5.97 Å².